The Morgan fingerprint density at radius 3 is 1.32 bits per heavy atom. The molecule has 6 heteroatoms. The van der Waals surface area contributed by atoms with Crippen LogP contribution in [0.1, 0.15) is 48.9 Å². The summed E-state index contributed by atoms with van der Waals surface area (Å²) in [4.78, 5) is 0. The molecule has 6 nitrogen and oxygen atoms in total. The second kappa shape index (κ2) is 14.2. The summed E-state index contributed by atoms with van der Waals surface area (Å²) in [5.74, 6) is 2.63. The largest absolute Gasteiger partial charge is 0.496 e. The van der Waals surface area contributed by atoms with Gasteiger partial charge < -0.3 is 18.9 Å². The normalized spacial score (nSPS) is 11.3. The molecule has 0 aromatic heterocycles. The van der Waals surface area contributed by atoms with Crippen molar-refractivity contribution in [2.24, 2.45) is 0 Å². The van der Waals surface area contributed by atoms with E-state index >= 15 is 0 Å². The highest BCUT2D eigenvalue weighted by Gasteiger charge is 2.13. The predicted octanol–water partition coefficient (Wildman–Crippen LogP) is 7.41. The van der Waals surface area contributed by atoms with E-state index in [0.29, 0.717) is 47.0 Å². The molecule has 0 bridgehead atoms. The van der Waals surface area contributed by atoms with Crippen molar-refractivity contribution in [1.29, 1.82) is 10.5 Å². The molecule has 3 aromatic rings. The van der Waals surface area contributed by atoms with Crippen LogP contribution in [-0.4, -0.2) is 27.4 Å². The quantitative estimate of drug-likeness (QED) is 0.187. The number of rotatable bonds is 12. The van der Waals surface area contributed by atoms with E-state index in [1.54, 1.807) is 38.5 Å². The minimum Gasteiger partial charge on any atom is -0.496 e. The van der Waals surface area contributed by atoms with Crippen LogP contribution in [0.3, 0.4) is 0 Å². The zero-order valence-electron chi connectivity index (χ0n) is 22.3. The lowest BCUT2D eigenvalue weighted by Crippen LogP contribution is -1.96. The Hall–Kier alpha value is -4.68. The molecule has 0 N–H and O–H groups in total. The molecule has 38 heavy (non-hydrogen) atoms. The fourth-order valence-corrected chi connectivity index (χ4v) is 3.74. The average Bonchev–Trinajstić information content (AvgIpc) is 2.97. The van der Waals surface area contributed by atoms with Gasteiger partial charge in [0.1, 0.15) is 23.0 Å². The lowest BCUT2D eigenvalue weighted by Gasteiger charge is -2.13. The maximum absolute atomic E-state index is 9.86. The van der Waals surface area contributed by atoms with Gasteiger partial charge in [-0.05, 0) is 96.8 Å². The molecule has 0 heterocycles. The summed E-state index contributed by atoms with van der Waals surface area (Å²) < 4.78 is 22.6. The zero-order chi connectivity index (χ0) is 27.3. The first-order chi connectivity index (χ1) is 18.6. The lowest BCUT2D eigenvalue weighted by atomic mass is 9.99. The maximum atomic E-state index is 9.86. The number of hydrogen-bond donors (Lipinski definition) is 0. The van der Waals surface area contributed by atoms with Crippen LogP contribution >= 0.6 is 0 Å². The molecule has 0 saturated carbocycles. The molecule has 0 aliphatic rings. The summed E-state index contributed by atoms with van der Waals surface area (Å²) in [7, 11) is 3.14. The van der Waals surface area contributed by atoms with Gasteiger partial charge in [-0.15, -0.1) is 0 Å². The molecule has 0 saturated heterocycles. The van der Waals surface area contributed by atoms with Gasteiger partial charge in [-0.1, -0.05) is 13.8 Å². The van der Waals surface area contributed by atoms with E-state index in [9.17, 15) is 10.5 Å². The Bertz CT molecular complexity index is 1250. The Balaban J connectivity index is 1.97. The fraction of sp³-hybridized carbons (Fsp3) is 0.250. The molecule has 0 radical (unpaired) electrons. The second-order valence-corrected chi connectivity index (χ2v) is 8.42. The first-order valence-corrected chi connectivity index (χ1v) is 12.5. The monoisotopic (exact) mass is 508 g/mol. The van der Waals surface area contributed by atoms with Crippen molar-refractivity contribution in [1.82, 2.24) is 0 Å². The summed E-state index contributed by atoms with van der Waals surface area (Å²) >= 11 is 0. The Morgan fingerprint density at radius 1 is 0.658 bits per heavy atom. The highest BCUT2D eigenvalue weighted by atomic mass is 16.5. The molecule has 3 rings (SSSR count). The summed E-state index contributed by atoms with van der Waals surface area (Å²) in [6.07, 6.45) is 5.37. The molecule has 0 atom stereocenters. The van der Waals surface area contributed by atoms with E-state index in [4.69, 9.17) is 18.9 Å². The van der Waals surface area contributed by atoms with Crippen LogP contribution < -0.4 is 18.9 Å². The van der Waals surface area contributed by atoms with Crippen LogP contribution in [-0.2, 0) is 0 Å². The molecule has 3 aromatic carbocycles. The van der Waals surface area contributed by atoms with Gasteiger partial charge in [0.05, 0.1) is 50.7 Å². The number of ether oxygens (including phenoxy) is 4. The van der Waals surface area contributed by atoms with Crippen molar-refractivity contribution >= 4 is 23.3 Å². The third-order valence-corrected chi connectivity index (χ3v) is 5.70. The number of allylic oxidation sites excluding steroid dienone is 2. The smallest absolute Gasteiger partial charge is 0.126 e. The van der Waals surface area contributed by atoms with Crippen molar-refractivity contribution in [3.8, 4) is 35.1 Å². The minimum atomic E-state index is 0.471. The SMILES string of the molecule is CCCOc1ccc(/C(C#N)=C/c2cc(OC)c(/C=C(/C#N)c3ccc(OCCC)cc3)cc2OC)cc1. The van der Waals surface area contributed by atoms with Crippen LogP contribution in [0.15, 0.2) is 60.7 Å². The van der Waals surface area contributed by atoms with Crippen molar-refractivity contribution in [3.63, 3.8) is 0 Å². The van der Waals surface area contributed by atoms with E-state index < -0.39 is 0 Å². The second-order valence-electron chi connectivity index (χ2n) is 8.42. The first-order valence-electron chi connectivity index (χ1n) is 12.5. The number of nitriles is 2. The third-order valence-electron chi connectivity index (χ3n) is 5.70. The summed E-state index contributed by atoms with van der Waals surface area (Å²) in [5.41, 5.74) is 3.83. The number of methoxy groups -OCH3 is 2. The Kier molecular flexibility index (Phi) is 10.4. The molecule has 0 amide bonds. The fourth-order valence-electron chi connectivity index (χ4n) is 3.74. The number of nitrogens with zero attached hydrogens (tertiary/aromatic N) is 2. The van der Waals surface area contributed by atoms with E-state index in [0.717, 1.165) is 35.5 Å². The van der Waals surface area contributed by atoms with E-state index in [-0.39, 0.29) is 0 Å². The zero-order valence-corrected chi connectivity index (χ0v) is 22.3. The van der Waals surface area contributed by atoms with Crippen LogP contribution in [0.4, 0.5) is 0 Å². The van der Waals surface area contributed by atoms with Crippen LogP contribution in [0.5, 0.6) is 23.0 Å². The molecular weight excluding hydrogens is 476 g/mol. The molecule has 194 valence electrons. The topological polar surface area (TPSA) is 84.5 Å². The van der Waals surface area contributed by atoms with Gasteiger partial charge in [-0.2, -0.15) is 10.5 Å². The van der Waals surface area contributed by atoms with E-state index in [1.807, 2.05) is 48.5 Å². The van der Waals surface area contributed by atoms with Crippen molar-refractivity contribution in [2.75, 3.05) is 27.4 Å². The van der Waals surface area contributed by atoms with Gasteiger partial charge in [-0.3, -0.25) is 0 Å². The van der Waals surface area contributed by atoms with Gasteiger partial charge >= 0.3 is 0 Å². The standard InChI is InChI=1S/C32H32N2O4/c1-5-15-37-29-11-7-23(8-12-29)27(21-33)17-25-19-32(36-4)26(20-31(25)35-3)18-28(22-34)24-9-13-30(14-10-24)38-16-6-2/h7-14,17-20H,5-6,15-16H2,1-4H3/b27-17-,28-18+. The lowest BCUT2D eigenvalue weighted by molar-refractivity contribution is 0.317. The highest BCUT2D eigenvalue weighted by molar-refractivity contribution is 5.93. The molecule has 0 aliphatic carbocycles. The van der Waals surface area contributed by atoms with Crippen LogP contribution in [0.2, 0.25) is 0 Å². The molecule has 0 spiro atoms. The Morgan fingerprint density at radius 2 is 1.03 bits per heavy atom. The van der Waals surface area contributed by atoms with E-state index in [2.05, 4.69) is 26.0 Å². The van der Waals surface area contributed by atoms with Crippen molar-refractivity contribution in [2.45, 2.75) is 26.7 Å². The van der Waals surface area contributed by atoms with E-state index in [1.165, 1.54) is 0 Å². The van der Waals surface area contributed by atoms with Gasteiger partial charge in [0, 0.05) is 11.1 Å². The Labute approximate surface area is 225 Å². The molecule has 0 unspecified atom stereocenters. The average molecular weight is 509 g/mol. The first kappa shape index (κ1) is 27.9. The molecular formula is C32H32N2O4. The maximum Gasteiger partial charge on any atom is 0.126 e. The molecule has 0 aliphatic heterocycles. The van der Waals surface area contributed by atoms with Gasteiger partial charge in [0.15, 0.2) is 0 Å². The minimum absolute atomic E-state index is 0.471. The van der Waals surface area contributed by atoms with Crippen molar-refractivity contribution in [3.05, 3.63) is 82.9 Å². The van der Waals surface area contributed by atoms with Gasteiger partial charge in [-0.25, -0.2) is 0 Å². The van der Waals surface area contributed by atoms with Crippen LogP contribution in [0.25, 0.3) is 23.3 Å². The van der Waals surface area contributed by atoms with Crippen molar-refractivity contribution < 1.29 is 18.9 Å². The molecule has 0 fully saturated rings. The van der Waals surface area contributed by atoms with Gasteiger partial charge in [0.2, 0.25) is 0 Å². The summed E-state index contributed by atoms with van der Waals surface area (Å²) in [5, 5.41) is 19.7. The van der Waals surface area contributed by atoms with Gasteiger partial charge in [0.25, 0.3) is 0 Å². The number of hydrogen-bond acceptors (Lipinski definition) is 6. The predicted molar refractivity (Wildman–Crippen MR) is 151 cm³/mol. The number of benzene rings is 3. The third kappa shape index (κ3) is 7.18. The van der Waals surface area contributed by atoms with Crippen LogP contribution in [0, 0.1) is 22.7 Å². The summed E-state index contributed by atoms with van der Waals surface area (Å²) in [6.45, 7) is 5.39. The summed E-state index contributed by atoms with van der Waals surface area (Å²) in [6, 6.07) is 23.0. The highest BCUT2D eigenvalue weighted by Crippen LogP contribution is 2.34.